The summed E-state index contributed by atoms with van der Waals surface area (Å²) in [6, 6.07) is -2.86. The van der Waals surface area contributed by atoms with E-state index in [1.807, 2.05) is 0 Å². The minimum absolute atomic E-state index is 0.310. The quantitative estimate of drug-likeness (QED) is 0.703. The van der Waals surface area contributed by atoms with Gasteiger partial charge in [-0.15, -0.1) is 0 Å². The zero-order chi connectivity index (χ0) is 11.6. The molecule has 0 saturated carbocycles. The van der Waals surface area contributed by atoms with Crippen LogP contribution in [0.1, 0.15) is 0 Å². The highest BCUT2D eigenvalue weighted by molar-refractivity contribution is 7.89. The van der Waals surface area contributed by atoms with Crippen molar-refractivity contribution in [2.75, 3.05) is 19.1 Å². The SMILES string of the molecule is O=C(O)N1CC(F)C(NS(=O)(=O)CF)C1. The molecule has 0 aromatic carbocycles. The smallest absolute Gasteiger partial charge is 0.407 e. The van der Waals surface area contributed by atoms with E-state index in [1.54, 1.807) is 4.72 Å². The third kappa shape index (κ3) is 2.99. The number of amides is 1. The number of likely N-dealkylation sites (tertiary alicyclic amines) is 1. The molecular weight excluding hydrogens is 234 g/mol. The molecule has 0 radical (unpaired) electrons. The number of rotatable bonds is 3. The number of hydrogen-bond acceptors (Lipinski definition) is 3. The lowest BCUT2D eigenvalue weighted by atomic mass is 10.2. The fraction of sp³-hybridized carbons (Fsp3) is 0.833. The first-order valence-electron chi connectivity index (χ1n) is 4.03. The summed E-state index contributed by atoms with van der Waals surface area (Å²) in [4.78, 5) is 11.2. The van der Waals surface area contributed by atoms with Crippen LogP contribution in [0.25, 0.3) is 0 Å². The maximum absolute atomic E-state index is 13.1. The van der Waals surface area contributed by atoms with Crippen LogP contribution in [0.2, 0.25) is 0 Å². The first-order valence-corrected chi connectivity index (χ1v) is 5.69. The van der Waals surface area contributed by atoms with Gasteiger partial charge in [0.05, 0.1) is 12.6 Å². The molecule has 1 saturated heterocycles. The minimum Gasteiger partial charge on any atom is -0.465 e. The minimum atomic E-state index is -4.16. The molecule has 9 heteroatoms. The Balaban J connectivity index is 2.62. The highest BCUT2D eigenvalue weighted by atomic mass is 32.2. The van der Waals surface area contributed by atoms with Crippen molar-refractivity contribution in [1.29, 1.82) is 0 Å². The topological polar surface area (TPSA) is 86.7 Å². The number of carbonyl (C=O) groups is 1. The summed E-state index contributed by atoms with van der Waals surface area (Å²) in [5, 5.41) is 8.51. The van der Waals surface area contributed by atoms with Crippen molar-refractivity contribution in [1.82, 2.24) is 9.62 Å². The number of carboxylic acid groups (broad SMARTS) is 1. The Morgan fingerprint density at radius 1 is 1.53 bits per heavy atom. The maximum atomic E-state index is 13.1. The van der Waals surface area contributed by atoms with E-state index in [-0.39, 0.29) is 6.54 Å². The average molecular weight is 244 g/mol. The van der Waals surface area contributed by atoms with E-state index in [2.05, 4.69) is 0 Å². The molecule has 15 heavy (non-hydrogen) atoms. The second-order valence-corrected chi connectivity index (χ2v) is 4.84. The molecule has 0 bridgehead atoms. The largest absolute Gasteiger partial charge is 0.465 e. The van der Waals surface area contributed by atoms with E-state index < -0.39 is 40.9 Å². The molecule has 1 heterocycles. The Bertz CT molecular complexity index is 347. The van der Waals surface area contributed by atoms with E-state index in [0.29, 0.717) is 0 Å². The van der Waals surface area contributed by atoms with Crippen molar-refractivity contribution in [3.05, 3.63) is 0 Å². The number of nitrogens with one attached hydrogen (secondary N) is 1. The monoisotopic (exact) mass is 244 g/mol. The molecule has 1 amide bonds. The lowest BCUT2D eigenvalue weighted by molar-refractivity contribution is 0.152. The molecule has 2 N–H and O–H groups in total. The van der Waals surface area contributed by atoms with Gasteiger partial charge in [0.25, 0.3) is 0 Å². The van der Waals surface area contributed by atoms with Crippen LogP contribution in [-0.4, -0.2) is 55.8 Å². The van der Waals surface area contributed by atoms with Gasteiger partial charge in [-0.05, 0) is 0 Å². The van der Waals surface area contributed by atoms with Gasteiger partial charge in [0.15, 0.2) is 0 Å². The zero-order valence-electron chi connectivity index (χ0n) is 7.56. The van der Waals surface area contributed by atoms with Crippen LogP contribution in [0.4, 0.5) is 13.6 Å². The number of halogens is 2. The second-order valence-electron chi connectivity index (χ2n) is 3.15. The lowest BCUT2D eigenvalue weighted by Gasteiger charge is -2.12. The van der Waals surface area contributed by atoms with Crippen LogP contribution >= 0.6 is 0 Å². The van der Waals surface area contributed by atoms with E-state index in [4.69, 9.17) is 5.11 Å². The molecule has 1 rings (SSSR count). The first-order chi connectivity index (χ1) is 6.85. The summed E-state index contributed by atoms with van der Waals surface area (Å²) in [5.74, 6) is 0. The Kier molecular flexibility index (Phi) is 3.45. The molecular formula is C6H10F2N2O4S. The molecule has 2 unspecified atom stereocenters. The molecule has 0 aliphatic carbocycles. The molecule has 0 aromatic rings. The van der Waals surface area contributed by atoms with E-state index in [1.165, 1.54) is 0 Å². The highest BCUT2D eigenvalue weighted by Crippen LogP contribution is 2.14. The first kappa shape index (κ1) is 12.1. The summed E-state index contributed by atoms with van der Waals surface area (Å²) in [7, 11) is -4.16. The molecule has 2 atom stereocenters. The van der Waals surface area contributed by atoms with Gasteiger partial charge in [0.2, 0.25) is 16.0 Å². The van der Waals surface area contributed by atoms with Crippen molar-refractivity contribution in [3.8, 4) is 0 Å². The van der Waals surface area contributed by atoms with Crippen molar-refractivity contribution < 1.29 is 27.1 Å². The molecule has 0 aromatic heterocycles. The Labute approximate surface area is 84.9 Å². The standard InChI is InChI=1S/C6H10F2N2O4S/c7-3-15(13,14)9-5-2-10(6(11)12)1-4(5)8/h4-5,9H,1-3H2,(H,11,12). The van der Waals surface area contributed by atoms with Gasteiger partial charge in [-0.1, -0.05) is 0 Å². The molecule has 0 spiro atoms. The van der Waals surface area contributed by atoms with E-state index >= 15 is 0 Å². The maximum Gasteiger partial charge on any atom is 0.407 e. The van der Waals surface area contributed by atoms with Gasteiger partial charge in [-0.2, -0.15) is 0 Å². The Morgan fingerprint density at radius 2 is 2.13 bits per heavy atom. The Morgan fingerprint density at radius 3 is 2.53 bits per heavy atom. The van der Waals surface area contributed by atoms with Crippen LogP contribution in [0.5, 0.6) is 0 Å². The van der Waals surface area contributed by atoms with Gasteiger partial charge in [-0.3, -0.25) is 0 Å². The highest BCUT2D eigenvalue weighted by Gasteiger charge is 2.37. The third-order valence-electron chi connectivity index (χ3n) is 1.99. The second kappa shape index (κ2) is 4.27. The van der Waals surface area contributed by atoms with Crippen molar-refractivity contribution >= 4 is 16.1 Å². The third-order valence-corrected chi connectivity index (χ3v) is 2.94. The summed E-state index contributed by atoms with van der Waals surface area (Å²) < 4.78 is 48.3. The fourth-order valence-electron chi connectivity index (χ4n) is 1.29. The van der Waals surface area contributed by atoms with Gasteiger partial charge in [-0.25, -0.2) is 26.7 Å². The Hall–Kier alpha value is -0.960. The van der Waals surface area contributed by atoms with Gasteiger partial charge >= 0.3 is 6.09 Å². The number of nitrogens with zero attached hydrogens (tertiary/aromatic N) is 1. The molecule has 6 nitrogen and oxygen atoms in total. The number of alkyl halides is 2. The van der Waals surface area contributed by atoms with Crippen LogP contribution in [0.3, 0.4) is 0 Å². The number of sulfonamides is 1. The van der Waals surface area contributed by atoms with Gasteiger partial charge in [0.1, 0.15) is 6.17 Å². The lowest BCUT2D eigenvalue weighted by Crippen LogP contribution is -2.42. The predicted octanol–water partition coefficient (Wildman–Crippen LogP) is -0.467. The summed E-state index contributed by atoms with van der Waals surface area (Å²) in [6.07, 6.45) is -2.98. The average Bonchev–Trinajstić information content (AvgIpc) is 2.47. The van der Waals surface area contributed by atoms with E-state index in [9.17, 15) is 22.0 Å². The van der Waals surface area contributed by atoms with Crippen molar-refractivity contribution in [2.24, 2.45) is 0 Å². The predicted molar refractivity (Wildman–Crippen MR) is 46.3 cm³/mol. The molecule has 1 fully saturated rings. The van der Waals surface area contributed by atoms with Crippen LogP contribution in [0, 0.1) is 0 Å². The molecule has 1 aliphatic heterocycles. The van der Waals surface area contributed by atoms with Crippen molar-refractivity contribution in [3.63, 3.8) is 0 Å². The normalized spacial score (nSPS) is 26.9. The van der Waals surface area contributed by atoms with Crippen LogP contribution < -0.4 is 4.72 Å². The molecule has 88 valence electrons. The van der Waals surface area contributed by atoms with E-state index in [0.717, 1.165) is 4.90 Å². The van der Waals surface area contributed by atoms with Gasteiger partial charge in [0, 0.05) is 6.54 Å². The number of hydrogen-bond donors (Lipinski definition) is 2. The van der Waals surface area contributed by atoms with Crippen molar-refractivity contribution in [2.45, 2.75) is 12.2 Å². The van der Waals surface area contributed by atoms with Crippen LogP contribution in [-0.2, 0) is 10.0 Å². The molecule has 1 aliphatic rings. The fourth-order valence-corrected chi connectivity index (χ4v) is 2.04. The summed E-state index contributed by atoms with van der Waals surface area (Å²) in [5.41, 5.74) is 0. The van der Waals surface area contributed by atoms with Gasteiger partial charge < -0.3 is 10.0 Å². The summed E-state index contributed by atoms with van der Waals surface area (Å²) >= 11 is 0. The summed E-state index contributed by atoms with van der Waals surface area (Å²) in [6.45, 7) is -0.718. The zero-order valence-corrected chi connectivity index (χ0v) is 8.38. The van der Waals surface area contributed by atoms with Crippen LogP contribution in [0.15, 0.2) is 0 Å².